The van der Waals surface area contributed by atoms with Gasteiger partial charge in [0.1, 0.15) is 0 Å². The first-order chi connectivity index (χ1) is 9.22. The lowest BCUT2D eigenvalue weighted by molar-refractivity contribution is -0.117. The Hall–Kier alpha value is -1.62. The highest BCUT2D eigenvalue weighted by molar-refractivity contribution is 5.97. The molecule has 5 nitrogen and oxygen atoms in total. The monoisotopic (exact) mass is 262 g/mol. The molecule has 3 N–H and O–H groups in total. The molecule has 1 atom stereocenters. The second-order valence-electron chi connectivity index (χ2n) is 4.95. The highest BCUT2D eigenvalue weighted by atomic mass is 16.2. The van der Waals surface area contributed by atoms with Crippen molar-refractivity contribution in [2.45, 2.75) is 38.6 Å². The Bertz CT molecular complexity index is 429. The summed E-state index contributed by atoms with van der Waals surface area (Å²) in [5, 5.41) is 2.90. The molecule has 1 amide bonds. The van der Waals surface area contributed by atoms with E-state index in [4.69, 9.17) is 5.73 Å². The van der Waals surface area contributed by atoms with Crippen LogP contribution >= 0.6 is 0 Å². The van der Waals surface area contributed by atoms with Crippen molar-refractivity contribution < 1.29 is 4.79 Å². The number of nitrogens with two attached hydrogens (primary N) is 1. The third-order valence-corrected chi connectivity index (χ3v) is 3.39. The molecule has 2 rings (SSSR count). The quantitative estimate of drug-likeness (QED) is 0.848. The Morgan fingerprint density at radius 2 is 2.26 bits per heavy atom. The van der Waals surface area contributed by atoms with Crippen LogP contribution in [0.5, 0.6) is 0 Å². The highest BCUT2D eigenvalue weighted by Gasteiger charge is 2.19. The summed E-state index contributed by atoms with van der Waals surface area (Å²) >= 11 is 0. The van der Waals surface area contributed by atoms with Gasteiger partial charge in [0.15, 0.2) is 5.82 Å². The molecule has 1 aliphatic rings. The summed E-state index contributed by atoms with van der Waals surface area (Å²) in [4.78, 5) is 18.6. The van der Waals surface area contributed by atoms with E-state index < -0.39 is 6.04 Å². The van der Waals surface area contributed by atoms with Gasteiger partial charge in [-0.1, -0.05) is 13.3 Å². The average molecular weight is 262 g/mol. The zero-order valence-corrected chi connectivity index (χ0v) is 11.4. The topological polar surface area (TPSA) is 71.2 Å². The Labute approximate surface area is 114 Å². The number of pyridine rings is 1. The van der Waals surface area contributed by atoms with Gasteiger partial charge in [-0.3, -0.25) is 4.79 Å². The molecule has 0 spiro atoms. The maximum atomic E-state index is 12.0. The number of carbonyl (C=O) groups excluding carboxylic acids is 1. The SMILES string of the molecule is CCC[C@H](N)C(=O)Nc1cccnc1N1CCCC1. The number of nitrogens with zero attached hydrogens (tertiary/aromatic N) is 2. The van der Waals surface area contributed by atoms with Gasteiger partial charge in [0.25, 0.3) is 0 Å². The average Bonchev–Trinajstić information content (AvgIpc) is 2.93. The molecule has 1 aromatic heterocycles. The Balaban J connectivity index is 2.09. The van der Waals surface area contributed by atoms with Gasteiger partial charge in [0.05, 0.1) is 11.7 Å². The number of aromatic nitrogens is 1. The number of hydrogen-bond acceptors (Lipinski definition) is 4. The van der Waals surface area contributed by atoms with Crippen LogP contribution in [0.25, 0.3) is 0 Å². The summed E-state index contributed by atoms with van der Waals surface area (Å²) in [6.07, 6.45) is 5.72. The first-order valence-corrected chi connectivity index (χ1v) is 6.98. The summed E-state index contributed by atoms with van der Waals surface area (Å²) in [7, 11) is 0. The van der Waals surface area contributed by atoms with Gasteiger partial charge in [0, 0.05) is 19.3 Å². The molecule has 0 radical (unpaired) electrons. The predicted octanol–water partition coefficient (Wildman–Crippen LogP) is 1.75. The summed E-state index contributed by atoms with van der Waals surface area (Å²) in [5.74, 6) is 0.729. The standard InChI is InChI=1S/C14H22N4O/c1-2-6-11(15)14(19)17-12-7-5-8-16-13(12)18-9-3-4-10-18/h5,7-8,11H,2-4,6,9-10,15H2,1H3,(H,17,19)/t11-/m0/s1. The fraction of sp³-hybridized carbons (Fsp3) is 0.571. The molecule has 1 fully saturated rings. The molecule has 1 aliphatic heterocycles. The van der Waals surface area contributed by atoms with Gasteiger partial charge in [-0.2, -0.15) is 0 Å². The van der Waals surface area contributed by atoms with E-state index >= 15 is 0 Å². The van der Waals surface area contributed by atoms with Crippen molar-refractivity contribution >= 4 is 17.4 Å². The van der Waals surface area contributed by atoms with E-state index in [0.29, 0.717) is 6.42 Å². The van der Waals surface area contributed by atoms with Crippen LogP contribution in [-0.4, -0.2) is 30.0 Å². The van der Waals surface area contributed by atoms with Gasteiger partial charge < -0.3 is 16.0 Å². The molecule has 2 heterocycles. The first kappa shape index (κ1) is 13.8. The maximum absolute atomic E-state index is 12.0. The van der Waals surface area contributed by atoms with Crippen LogP contribution in [0.1, 0.15) is 32.6 Å². The Morgan fingerprint density at radius 3 is 2.95 bits per heavy atom. The van der Waals surface area contributed by atoms with E-state index in [9.17, 15) is 4.79 Å². The second kappa shape index (κ2) is 6.52. The molecule has 0 aromatic carbocycles. The molecule has 5 heteroatoms. The number of amides is 1. The first-order valence-electron chi connectivity index (χ1n) is 6.98. The smallest absolute Gasteiger partial charge is 0.241 e. The van der Waals surface area contributed by atoms with Crippen LogP contribution in [0.3, 0.4) is 0 Å². The molecular weight excluding hydrogens is 240 g/mol. The summed E-state index contributed by atoms with van der Waals surface area (Å²) in [5.41, 5.74) is 6.60. The van der Waals surface area contributed by atoms with Crippen molar-refractivity contribution in [2.24, 2.45) is 5.73 Å². The Kier molecular flexibility index (Phi) is 4.74. The van der Waals surface area contributed by atoms with Crippen molar-refractivity contribution in [1.29, 1.82) is 0 Å². The number of anilines is 2. The van der Waals surface area contributed by atoms with Gasteiger partial charge in [0.2, 0.25) is 5.91 Å². The lowest BCUT2D eigenvalue weighted by Gasteiger charge is -2.20. The van der Waals surface area contributed by atoms with Crippen molar-refractivity contribution in [3.63, 3.8) is 0 Å². The van der Waals surface area contributed by atoms with Crippen molar-refractivity contribution in [3.05, 3.63) is 18.3 Å². The largest absolute Gasteiger partial charge is 0.355 e. The van der Waals surface area contributed by atoms with Crippen LogP contribution in [0.15, 0.2) is 18.3 Å². The molecule has 0 unspecified atom stereocenters. The van der Waals surface area contributed by atoms with E-state index in [2.05, 4.69) is 15.2 Å². The van der Waals surface area contributed by atoms with Gasteiger partial charge >= 0.3 is 0 Å². The third-order valence-electron chi connectivity index (χ3n) is 3.39. The molecule has 0 aliphatic carbocycles. The fourth-order valence-corrected chi connectivity index (χ4v) is 2.34. The third kappa shape index (κ3) is 3.44. The van der Waals surface area contributed by atoms with Gasteiger partial charge in [-0.25, -0.2) is 4.98 Å². The molecule has 0 bridgehead atoms. The van der Waals surface area contributed by atoms with Crippen LogP contribution in [0, 0.1) is 0 Å². The molecule has 1 aromatic rings. The van der Waals surface area contributed by atoms with E-state index in [1.54, 1.807) is 6.20 Å². The Morgan fingerprint density at radius 1 is 1.53 bits per heavy atom. The van der Waals surface area contributed by atoms with Crippen LogP contribution in [0.2, 0.25) is 0 Å². The highest BCUT2D eigenvalue weighted by Crippen LogP contribution is 2.26. The lowest BCUT2D eigenvalue weighted by atomic mass is 10.1. The van der Waals surface area contributed by atoms with Gasteiger partial charge in [-0.15, -0.1) is 0 Å². The lowest BCUT2D eigenvalue weighted by Crippen LogP contribution is -2.36. The van der Waals surface area contributed by atoms with Crippen LogP contribution in [-0.2, 0) is 4.79 Å². The van der Waals surface area contributed by atoms with Crippen molar-refractivity contribution in [1.82, 2.24) is 4.98 Å². The predicted molar refractivity (Wildman–Crippen MR) is 77.2 cm³/mol. The summed E-state index contributed by atoms with van der Waals surface area (Å²) < 4.78 is 0. The van der Waals surface area contributed by atoms with Crippen molar-refractivity contribution in [2.75, 3.05) is 23.3 Å². The molecule has 0 saturated carbocycles. The number of nitrogens with one attached hydrogen (secondary N) is 1. The normalized spacial score (nSPS) is 16.4. The van der Waals surface area contributed by atoms with E-state index in [-0.39, 0.29) is 5.91 Å². The molecule has 19 heavy (non-hydrogen) atoms. The number of rotatable bonds is 5. The molecular formula is C14H22N4O. The number of carbonyl (C=O) groups is 1. The van der Waals surface area contributed by atoms with E-state index in [0.717, 1.165) is 31.0 Å². The molecule has 104 valence electrons. The van der Waals surface area contributed by atoms with Gasteiger partial charge in [-0.05, 0) is 31.4 Å². The van der Waals surface area contributed by atoms with Crippen LogP contribution in [0.4, 0.5) is 11.5 Å². The summed E-state index contributed by atoms with van der Waals surface area (Å²) in [6.45, 7) is 4.02. The maximum Gasteiger partial charge on any atom is 0.241 e. The van der Waals surface area contributed by atoms with Crippen LogP contribution < -0.4 is 16.0 Å². The van der Waals surface area contributed by atoms with E-state index in [1.807, 2.05) is 19.1 Å². The second-order valence-corrected chi connectivity index (χ2v) is 4.95. The zero-order chi connectivity index (χ0) is 13.7. The molecule has 1 saturated heterocycles. The summed E-state index contributed by atoms with van der Waals surface area (Å²) in [6, 6.07) is 3.27. The zero-order valence-electron chi connectivity index (χ0n) is 11.4. The van der Waals surface area contributed by atoms with E-state index in [1.165, 1.54) is 12.8 Å². The minimum atomic E-state index is -0.448. The minimum Gasteiger partial charge on any atom is -0.355 e. The minimum absolute atomic E-state index is 0.129. The fourth-order valence-electron chi connectivity index (χ4n) is 2.34. The number of hydrogen-bond donors (Lipinski definition) is 2. The van der Waals surface area contributed by atoms with Crippen molar-refractivity contribution in [3.8, 4) is 0 Å².